The highest BCUT2D eigenvalue weighted by Gasteiger charge is 2.23. The van der Waals surface area contributed by atoms with Gasteiger partial charge in [-0.1, -0.05) is 42.5 Å². The first-order valence-electron chi connectivity index (χ1n) is 11.3. The average Bonchev–Trinajstić information content (AvgIpc) is 2.89. The molecule has 0 radical (unpaired) electrons. The molecule has 1 heterocycles. The van der Waals surface area contributed by atoms with Crippen molar-refractivity contribution in [3.8, 4) is 11.4 Å². The van der Waals surface area contributed by atoms with Gasteiger partial charge in [-0.25, -0.2) is 41.3 Å². The number of halogens is 3. The molecule has 0 saturated carbocycles. The van der Waals surface area contributed by atoms with Gasteiger partial charge in [0.2, 0.25) is 0 Å². The second-order valence-corrected chi connectivity index (χ2v) is 8.22. The van der Waals surface area contributed by atoms with Gasteiger partial charge in [0.1, 0.15) is 11.6 Å². The molecule has 8 nitrogen and oxygen atoms in total. The molecule has 0 amide bonds. The summed E-state index contributed by atoms with van der Waals surface area (Å²) in [5, 5.41) is 0. The molecule has 0 spiro atoms. The summed E-state index contributed by atoms with van der Waals surface area (Å²) >= 11 is 0. The van der Waals surface area contributed by atoms with Gasteiger partial charge in [-0.2, -0.15) is 0 Å². The first-order valence-corrected chi connectivity index (χ1v) is 11.3. The maximum Gasteiger partial charge on any atom is 0.341 e. The maximum atomic E-state index is 15.1. The summed E-state index contributed by atoms with van der Waals surface area (Å²) in [5.74, 6) is -3.26. The van der Waals surface area contributed by atoms with Crippen molar-refractivity contribution < 1.29 is 17.9 Å². The molecule has 0 bridgehead atoms. The monoisotopic (exact) mass is 512 g/mol. The lowest BCUT2D eigenvalue weighted by molar-refractivity contribution is 0.384. The molecule has 11 heteroatoms. The number of nitrogens with two attached hydrogens (primary N) is 1. The van der Waals surface area contributed by atoms with Crippen LogP contribution >= 0.6 is 0 Å². The number of aromatic nitrogens is 3. The molecule has 0 fully saturated rings. The van der Waals surface area contributed by atoms with Crippen LogP contribution in [0.5, 0.6) is 5.75 Å². The van der Waals surface area contributed by atoms with E-state index in [-0.39, 0.29) is 18.7 Å². The van der Waals surface area contributed by atoms with Crippen LogP contribution in [-0.2, 0) is 13.1 Å². The lowest BCUT2D eigenvalue weighted by Gasteiger charge is -2.17. The number of benzene rings is 3. The van der Waals surface area contributed by atoms with Gasteiger partial charge in [-0.05, 0) is 36.2 Å². The van der Waals surface area contributed by atoms with Crippen molar-refractivity contribution in [1.29, 1.82) is 0 Å². The van der Waals surface area contributed by atoms with Crippen LogP contribution in [-0.4, -0.2) is 20.8 Å². The molecule has 37 heavy (non-hydrogen) atoms. The summed E-state index contributed by atoms with van der Waals surface area (Å²) in [5.41, 5.74) is 2.40. The molecule has 1 aromatic heterocycles. The highest BCUT2D eigenvalue weighted by atomic mass is 19.1. The molecule has 1 atom stereocenters. The van der Waals surface area contributed by atoms with Crippen molar-refractivity contribution in [2.75, 3.05) is 7.11 Å². The van der Waals surface area contributed by atoms with E-state index in [9.17, 15) is 23.2 Å². The van der Waals surface area contributed by atoms with E-state index < -0.39 is 58.4 Å². The van der Waals surface area contributed by atoms with Crippen molar-refractivity contribution in [1.82, 2.24) is 13.7 Å². The Labute approximate surface area is 208 Å². The molecule has 3 aromatic carbocycles. The van der Waals surface area contributed by atoms with Gasteiger partial charge in [-0.15, -0.1) is 0 Å². The van der Waals surface area contributed by atoms with E-state index in [1.807, 2.05) is 0 Å². The van der Waals surface area contributed by atoms with Crippen molar-refractivity contribution >= 4 is 0 Å². The molecule has 0 aliphatic rings. The van der Waals surface area contributed by atoms with Crippen LogP contribution in [0.15, 0.2) is 81.1 Å². The van der Waals surface area contributed by atoms with E-state index >= 15 is 4.39 Å². The maximum absolute atomic E-state index is 15.1. The Balaban J connectivity index is 1.90. The smallest absolute Gasteiger partial charge is 0.341 e. The van der Waals surface area contributed by atoms with Crippen LogP contribution in [0.3, 0.4) is 0 Å². The molecule has 4 aromatic rings. The third-order valence-electron chi connectivity index (χ3n) is 5.98. The second kappa shape index (κ2) is 10.7. The highest BCUT2D eigenvalue weighted by molar-refractivity contribution is 5.41. The normalized spacial score (nSPS) is 11.9. The Hall–Kier alpha value is -4.38. The molecule has 0 unspecified atom stereocenters. The molecular weight excluding hydrogens is 489 g/mol. The number of hydrogen-bond acceptors (Lipinski definition) is 5. The van der Waals surface area contributed by atoms with Gasteiger partial charge in [0.25, 0.3) is 0 Å². The van der Waals surface area contributed by atoms with Crippen LogP contribution in [0.1, 0.15) is 23.6 Å². The zero-order valence-corrected chi connectivity index (χ0v) is 19.7. The fourth-order valence-electron chi connectivity index (χ4n) is 3.97. The Bertz CT molecular complexity index is 1590. The Morgan fingerprint density at radius 3 is 2.08 bits per heavy atom. The second-order valence-electron chi connectivity index (χ2n) is 8.22. The van der Waals surface area contributed by atoms with Crippen molar-refractivity contribution in [3.05, 3.63) is 127 Å². The van der Waals surface area contributed by atoms with Crippen molar-refractivity contribution in [3.63, 3.8) is 0 Å². The summed E-state index contributed by atoms with van der Waals surface area (Å²) < 4.78 is 50.4. The minimum atomic E-state index is -1.27. The fourth-order valence-corrected chi connectivity index (χ4v) is 3.97. The van der Waals surface area contributed by atoms with E-state index in [2.05, 4.69) is 0 Å². The minimum Gasteiger partial charge on any atom is -0.494 e. The molecule has 0 saturated heterocycles. The fraction of sp³-hybridized carbons (Fsp3) is 0.192. The predicted octanol–water partition coefficient (Wildman–Crippen LogP) is 2.73. The van der Waals surface area contributed by atoms with E-state index in [1.165, 1.54) is 19.2 Å². The summed E-state index contributed by atoms with van der Waals surface area (Å²) in [6, 6.07) is 15.2. The molecule has 0 aliphatic carbocycles. The minimum absolute atomic E-state index is 0.103. The summed E-state index contributed by atoms with van der Waals surface area (Å²) in [4.78, 5) is 40.0. The third kappa shape index (κ3) is 4.98. The first-order chi connectivity index (χ1) is 17.7. The molecule has 2 N–H and O–H groups in total. The Kier molecular flexibility index (Phi) is 7.44. The standard InChI is InChI=1S/C26H23F3N4O4/c1-37-22-12-6-11-21(23(22)29)33-25(35)31(14-13-20(30)16-7-3-2-4-8-16)24(34)32(26(33)36)15-17-18(27)9-5-10-19(17)28/h2-12,20H,13-15,30H2,1H3/t20-/m0/s1. The zero-order valence-electron chi connectivity index (χ0n) is 19.7. The number of methoxy groups -OCH3 is 1. The Morgan fingerprint density at radius 2 is 1.43 bits per heavy atom. The van der Waals surface area contributed by atoms with Crippen molar-refractivity contribution in [2.24, 2.45) is 5.73 Å². The summed E-state index contributed by atoms with van der Waals surface area (Å²) in [7, 11) is 1.20. The molecular formula is C26H23F3N4O4. The number of nitrogens with zero attached hydrogens (tertiary/aromatic N) is 3. The number of rotatable bonds is 8. The highest BCUT2D eigenvalue weighted by Crippen LogP contribution is 2.21. The SMILES string of the molecule is COc1cccc(-n2c(=O)n(CC[C@H](N)c3ccccc3)c(=O)n(Cc3c(F)cccc3F)c2=O)c1F. The molecule has 4 rings (SSSR count). The van der Waals surface area contributed by atoms with Gasteiger partial charge in [0.05, 0.1) is 19.3 Å². The van der Waals surface area contributed by atoms with E-state index in [0.29, 0.717) is 13.7 Å². The zero-order chi connectivity index (χ0) is 26.7. The first kappa shape index (κ1) is 25.7. The number of hydrogen-bond donors (Lipinski definition) is 1. The van der Waals surface area contributed by atoms with Gasteiger partial charge in [0, 0.05) is 18.2 Å². The van der Waals surface area contributed by atoms with Gasteiger partial charge in [-0.3, -0.25) is 0 Å². The van der Waals surface area contributed by atoms with E-state index in [1.54, 1.807) is 30.3 Å². The topological polar surface area (TPSA) is 101 Å². The summed E-state index contributed by atoms with van der Waals surface area (Å²) in [6.07, 6.45) is 0.103. The van der Waals surface area contributed by atoms with Crippen LogP contribution in [0.4, 0.5) is 13.2 Å². The van der Waals surface area contributed by atoms with Crippen LogP contribution in [0.25, 0.3) is 5.69 Å². The average molecular weight is 512 g/mol. The lowest BCUT2D eigenvalue weighted by Crippen LogP contribution is -2.54. The largest absolute Gasteiger partial charge is 0.494 e. The van der Waals surface area contributed by atoms with Crippen LogP contribution < -0.4 is 27.5 Å². The lowest BCUT2D eigenvalue weighted by atomic mass is 10.1. The van der Waals surface area contributed by atoms with Gasteiger partial charge >= 0.3 is 17.1 Å². The quantitative estimate of drug-likeness (QED) is 0.391. The third-order valence-corrected chi connectivity index (χ3v) is 5.98. The summed E-state index contributed by atoms with van der Waals surface area (Å²) in [6.45, 7) is -1.08. The molecule has 192 valence electrons. The van der Waals surface area contributed by atoms with Crippen LogP contribution in [0, 0.1) is 17.5 Å². The van der Waals surface area contributed by atoms with Crippen LogP contribution in [0.2, 0.25) is 0 Å². The van der Waals surface area contributed by atoms with E-state index in [0.717, 1.165) is 29.8 Å². The van der Waals surface area contributed by atoms with Gasteiger partial charge in [0.15, 0.2) is 11.6 Å². The Morgan fingerprint density at radius 1 is 0.811 bits per heavy atom. The van der Waals surface area contributed by atoms with Crippen molar-refractivity contribution in [2.45, 2.75) is 25.6 Å². The van der Waals surface area contributed by atoms with E-state index in [4.69, 9.17) is 10.5 Å². The van der Waals surface area contributed by atoms with Gasteiger partial charge < -0.3 is 10.5 Å². The number of ether oxygens (including phenoxy) is 1. The molecule has 0 aliphatic heterocycles. The predicted molar refractivity (Wildman–Crippen MR) is 131 cm³/mol.